The van der Waals surface area contributed by atoms with Gasteiger partial charge in [-0.1, -0.05) is 6.07 Å². The Bertz CT molecular complexity index is 818. The van der Waals surface area contributed by atoms with E-state index in [2.05, 4.69) is 5.32 Å². The normalized spacial score (nSPS) is 11.2. The predicted octanol–water partition coefficient (Wildman–Crippen LogP) is 3.12. The van der Waals surface area contributed by atoms with Crippen LogP contribution in [-0.2, 0) is 14.3 Å². The van der Waals surface area contributed by atoms with Gasteiger partial charge in [-0.2, -0.15) is 5.26 Å². The molecule has 0 aliphatic rings. The van der Waals surface area contributed by atoms with Crippen molar-refractivity contribution >= 4 is 17.6 Å². The summed E-state index contributed by atoms with van der Waals surface area (Å²) < 4.78 is 10.4. The van der Waals surface area contributed by atoms with E-state index in [1.54, 1.807) is 24.3 Å². The molecule has 0 spiro atoms. The number of carbonyl (C=O) groups excluding carboxylic acids is 2. The van der Waals surface area contributed by atoms with Gasteiger partial charge in [0, 0.05) is 5.69 Å². The molecule has 0 saturated heterocycles. The first-order valence-electron chi connectivity index (χ1n) is 8.09. The number of nitrogens with zero attached hydrogens (tertiary/aromatic N) is 1. The van der Waals surface area contributed by atoms with Crippen LogP contribution in [0.15, 0.2) is 42.5 Å². The van der Waals surface area contributed by atoms with Gasteiger partial charge < -0.3 is 14.8 Å². The molecule has 2 aromatic carbocycles. The molecule has 1 atom stereocenters. The first-order chi connectivity index (χ1) is 12.4. The van der Waals surface area contributed by atoms with Crippen LogP contribution >= 0.6 is 0 Å². The Morgan fingerprint density at radius 1 is 1.12 bits per heavy atom. The maximum atomic E-state index is 12.0. The van der Waals surface area contributed by atoms with Crippen molar-refractivity contribution in [3.63, 3.8) is 0 Å². The Labute approximate surface area is 152 Å². The van der Waals surface area contributed by atoms with E-state index in [0.717, 1.165) is 11.1 Å². The summed E-state index contributed by atoms with van der Waals surface area (Å²) in [5.41, 5.74) is 3.21. The third-order valence-electron chi connectivity index (χ3n) is 3.48. The number of anilines is 1. The van der Waals surface area contributed by atoms with Crippen LogP contribution in [0, 0.1) is 25.2 Å². The second kappa shape index (κ2) is 8.67. The fourth-order valence-corrected chi connectivity index (χ4v) is 2.36. The molecular formula is C20H20N2O4. The van der Waals surface area contributed by atoms with Gasteiger partial charge in [0.05, 0.1) is 11.6 Å². The number of carbonyl (C=O) groups is 2. The van der Waals surface area contributed by atoms with Crippen molar-refractivity contribution in [3.8, 4) is 11.8 Å². The number of benzene rings is 2. The van der Waals surface area contributed by atoms with Crippen molar-refractivity contribution in [3.05, 3.63) is 59.2 Å². The third-order valence-corrected chi connectivity index (χ3v) is 3.48. The molecule has 2 aromatic rings. The maximum absolute atomic E-state index is 12.0. The van der Waals surface area contributed by atoms with Crippen LogP contribution in [0.25, 0.3) is 0 Å². The molecule has 0 aliphatic carbocycles. The zero-order valence-electron chi connectivity index (χ0n) is 14.9. The summed E-state index contributed by atoms with van der Waals surface area (Å²) in [6.45, 7) is 5.00. The van der Waals surface area contributed by atoms with Gasteiger partial charge in [0.2, 0.25) is 0 Å². The molecule has 6 nitrogen and oxygen atoms in total. The number of hydrogen-bond acceptors (Lipinski definition) is 5. The molecule has 1 amide bonds. The number of nitriles is 1. The van der Waals surface area contributed by atoms with E-state index in [4.69, 9.17) is 14.7 Å². The van der Waals surface area contributed by atoms with E-state index in [1.165, 1.54) is 6.92 Å². The molecule has 0 bridgehead atoms. The molecule has 0 aromatic heterocycles. The molecule has 1 unspecified atom stereocenters. The summed E-state index contributed by atoms with van der Waals surface area (Å²) >= 11 is 0. The minimum Gasteiger partial charge on any atom is -0.479 e. The van der Waals surface area contributed by atoms with Gasteiger partial charge in [0.15, 0.2) is 12.7 Å². The Morgan fingerprint density at radius 2 is 1.73 bits per heavy atom. The second-order valence-corrected chi connectivity index (χ2v) is 5.93. The van der Waals surface area contributed by atoms with Gasteiger partial charge in [0.25, 0.3) is 5.91 Å². The van der Waals surface area contributed by atoms with Crippen molar-refractivity contribution in [2.45, 2.75) is 26.9 Å². The Morgan fingerprint density at radius 3 is 2.31 bits per heavy atom. The Hall–Kier alpha value is -3.33. The quantitative estimate of drug-likeness (QED) is 0.807. The highest BCUT2D eigenvalue weighted by Crippen LogP contribution is 2.15. The fraction of sp³-hybridized carbons (Fsp3) is 0.250. The standard InChI is InChI=1S/C20H20N2O4/c1-13-8-14(2)10-17(9-13)22-19(23)12-25-20(24)15(3)26-18-6-4-16(11-21)5-7-18/h4-10,15H,12H2,1-3H3,(H,22,23). The van der Waals surface area contributed by atoms with Crippen LogP contribution in [0.4, 0.5) is 5.69 Å². The average Bonchev–Trinajstić information content (AvgIpc) is 2.59. The lowest BCUT2D eigenvalue weighted by Gasteiger charge is -2.14. The molecule has 1 N–H and O–H groups in total. The van der Waals surface area contributed by atoms with E-state index in [1.807, 2.05) is 38.1 Å². The third kappa shape index (κ3) is 5.64. The van der Waals surface area contributed by atoms with E-state index in [0.29, 0.717) is 17.0 Å². The highest BCUT2D eigenvalue weighted by Gasteiger charge is 2.18. The lowest BCUT2D eigenvalue weighted by molar-refractivity contribution is -0.153. The highest BCUT2D eigenvalue weighted by atomic mass is 16.6. The van der Waals surface area contributed by atoms with Crippen LogP contribution in [0.3, 0.4) is 0 Å². The zero-order chi connectivity index (χ0) is 19.1. The van der Waals surface area contributed by atoms with Crippen LogP contribution in [0.1, 0.15) is 23.6 Å². The van der Waals surface area contributed by atoms with E-state index in [-0.39, 0.29) is 0 Å². The topological polar surface area (TPSA) is 88.4 Å². The number of esters is 1. The highest BCUT2D eigenvalue weighted by molar-refractivity contribution is 5.93. The number of rotatable bonds is 6. The fourth-order valence-electron chi connectivity index (χ4n) is 2.36. The molecule has 2 rings (SSSR count). The predicted molar refractivity (Wildman–Crippen MR) is 96.8 cm³/mol. The largest absolute Gasteiger partial charge is 0.479 e. The second-order valence-electron chi connectivity index (χ2n) is 5.93. The van der Waals surface area contributed by atoms with Gasteiger partial charge in [-0.25, -0.2) is 4.79 Å². The zero-order valence-corrected chi connectivity index (χ0v) is 14.9. The van der Waals surface area contributed by atoms with Gasteiger partial charge in [-0.3, -0.25) is 4.79 Å². The van der Waals surface area contributed by atoms with Gasteiger partial charge >= 0.3 is 5.97 Å². The van der Waals surface area contributed by atoms with Crippen LogP contribution in [0.2, 0.25) is 0 Å². The maximum Gasteiger partial charge on any atom is 0.347 e. The summed E-state index contributed by atoms with van der Waals surface area (Å²) in [5, 5.41) is 11.4. The van der Waals surface area contributed by atoms with Crippen molar-refractivity contribution in [2.75, 3.05) is 11.9 Å². The smallest absolute Gasteiger partial charge is 0.347 e. The minimum atomic E-state index is -0.878. The molecule has 0 saturated carbocycles. The van der Waals surface area contributed by atoms with Crippen molar-refractivity contribution in [1.29, 1.82) is 5.26 Å². The summed E-state index contributed by atoms with van der Waals surface area (Å²) in [6, 6.07) is 14.0. The molecule has 6 heteroatoms. The van der Waals surface area contributed by atoms with Crippen molar-refractivity contribution in [2.24, 2.45) is 0 Å². The lowest BCUT2D eigenvalue weighted by atomic mass is 10.1. The van der Waals surface area contributed by atoms with E-state index >= 15 is 0 Å². The number of hydrogen-bond donors (Lipinski definition) is 1. The molecule has 134 valence electrons. The van der Waals surface area contributed by atoms with Gasteiger partial charge in [-0.05, 0) is 68.3 Å². The number of ether oxygens (including phenoxy) is 2. The van der Waals surface area contributed by atoms with Crippen LogP contribution < -0.4 is 10.1 Å². The minimum absolute atomic E-state index is 0.396. The summed E-state index contributed by atoms with van der Waals surface area (Å²) in [7, 11) is 0. The first kappa shape index (κ1) is 19.0. The first-order valence-corrected chi connectivity index (χ1v) is 8.09. The van der Waals surface area contributed by atoms with Crippen LogP contribution in [0.5, 0.6) is 5.75 Å². The number of aryl methyl sites for hydroxylation is 2. The van der Waals surface area contributed by atoms with E-state index < -0.39 is 24.6 Å². The molecule has 26 heavy (non-hydrogen) atoms. The average molecular weight is 352 g/mol. The summed E-state index contributed by atoms with van der Waals surface area (Å²) in [4.78, 5) is 23.9. The SMILES string of the molecule is Cc1cc(C)cc(NC(=O)COC(=O)C(C)Oc2ccc(C#N)cc2)c1. The van der Waals surface area contributed by atoms with Crippen molar-refractivity contribution in [1.82, 2.24) is 0 Å². The lowest BCUT2D eigenvalue weighted by Crippen LogP contribution is -2.29. The molecule has 0 heterocycles. The molecule has 0 fully saturated rings. The summed E-state index contributed by atoms with van der Waals surface area (Å²) in [5.74, 6) is -0.632. The van der Waals surface area contributed by atoms with E-state index in [9.17, 15) is 9.59 Å². The monoisotopic (exact) mass is 352 g/mol. The van der Waals surface area contributed by atoms with Crippen LogP contribution in [-0.4, -0.2) is 24.6 Å². The van der Waals surface area contributed by atoms with Crippen molar-refractivity contribution < 1.29 is 19.1 Å². The molecule has 0 radical (unpaired) electrons. The number of amides is 1. The summed E-state index contributed by atoms with van der Waals surface area (Å²) in [6.07, 6.45) is -0.878. The van der Waals surface area contributed by atoms with Gasteiger partial charge in [-0.15, -0.1) is 0 Å². The van der Waals surface area contributed by atoms with Gasteiger partial charge in [0.1, 0.15) is 5.75 Å². The molecule has 0 aliphatic heterocycles. The Kier molecular flexibility index (Phi) is 6.34. The Balaban J connectivity index is 1.82. The number of nitrogens with one attached hydrogen (secondary N) is 1. The molecular weight excluding hydrogens is 332 g/mol.